The molecule has 0 fully saturated rings. The van der Waals surface area contributed by atoms with Gasteiger partial charge in [0, 0.05) is 0 Å². The van der Waals surface area contributed by atoms with Crippen LogP contribution in [0.4, 0.5) is 5.13 Å². The first-order valence-corrected chi connectivity index (χ1v) is 12.1. The Kier molecular flexibility index (Phi) is 9.21. The van der Waals surface area contributed by atoms with Crippen LogP contribution < -0.4 is 19.5 Å². The van der Waals surface area contributed by atoms with Gasteiger partial charge in [0.1, 0.15) is 35.6 Å². The zero-order valence-electron chi connectivity index (χ0n) is 20.3. The van der Waals surface area contributed by atoms with Crippen molar-refractivity contribution >= 4 is 28.5 Å². The third-order valence-electron chi connectivity index (χ3n) is 4.98. The lowest BCUT2D eigenvalue weighted by Crippen LogP contribution is -2.13. The van der Waals surface area contributed by atoms with Crippen LogP contribution in [-0.2, 0) is 17.6 Å². The maximum atomic E-state index is 12.5. The minimum atomic E-state index is -0.551. The van der Waals surface area contributed by atoms with Gasteiger partial charge in [0.05, 0.1) is 7.11 Å². The minimum absolute atomic E-state index is 0.0630. The van der Waals surface area contributed by atoms with Crippen molar-refractivity contribution in [1.29, 1.82) is 5.26 Å². The van der Waals surface area contributed by atoms with Crippen LogP contribution in [0.5, 0.6) is 17.2 Å². The smallest absolute Gasteiger partial charge is 0.268 e. The summed E-state index contributed by atoms with van der Waals surface area (Å²) in [7, 11) is 1.53. The molecule has 1 amide bonds. The number of carbonyl (C=O) groups excluding carboxylic acids is 1. The molecule has 0 bridgehead atoms. The monoisotopic (exact) mass is 492 g/mol. The summed E-state index contributed by atoms with van der Waals surface area (Å²) in [5.41, 5.74) is 2.94. The molecule has 1 aromatic heterocycles. The molecule has 1 heterocycles. The maximum absolute atomic E-state index is 12.5. The molecule has 0 atom stereocenters. The van der Waals surface area contributed by atoms with Crippen molar-refractivity contribution in [1.82, 2.24) is 10.2 Å². The fraction of sp³-hybridized carbons (Fsp3) is 0.308. The molecule has 2 aromatic carbocycles. The van der Waals surface area contributed by atoms with Crippen molar-refractivity contribution in [3.05, 3.63) is 63.7 Å². The van der Waals surface area contributed by atoms with Gasteiger partial charge in [-0.3, -0.25) is 10.1 Å². The van der Waals surface area contributed by atoms with Crippen molar-refractivity contribution in [3.63, 3.8) is 0 Å². The standard InChI is InChI=1S/C26H28N4O4S/c1-5-18-11-17(3)12-21(14-18)33-9-10-34-22-8-7-19(15-23(22)32-4)13-20(16-27)25(31)28-26-30-29-24(6-2)35-26/h7-8,11-15H,5-6,9-10H2,1-4H3,(H,28,30,31)/b20-13-. The largest absolute Gasteiger partial charge is 0.493 e. The summed E-state index contributed by atoms with van der Waals surface area (Å²) < 4.78 is 17.1. The molecule has 3 aromatic rings. The van der Waals surface area contributed by atoms with Gasteiger partial charge in [-0.15, -0.1) is 10.2 Å². The Morgan fingerprint density at radius 1 is 1.09 bits per heavy atom. The minimum Gasteiger partial charge on any atom is -0.493 e. The molecule has 0 aliphatic rings. The van der Waals surface area contributed by atoms with Crippen molar-refractivity contribution in [2.24, 2.45) is 0 Å². The number of aryl methyl sites for hydroxylation is 3. The second-order valence-corrected chi connectivity index (χ2v) is 8.66. The average molecular weight is 493 g/mol. The Bertz CT molecular complexity index is 1250. The molecule has 0 saturated carbocycles. The van der Waals surface area contributed by atoms with Gasteiger partial charge in [0.2, 0.25) is 5.13 Å². The first kappa shape index (κ1) is 25.7. The first-order valence-electron chi connectivity index (χ1n) is 11.2. The Morgan fingerprint density at radius 2 is 1.89 bits per heavy atom. The molecule has 3 rings (SSSR count). The number of nitriles is 1. The quantitative estimate of drug-likeness (QED) is 0.228. The summed E-state index contributed by atoms with van der Waals surface area (Å²) in [6.45, 7) is 6.81. The molecule has 0 unspecified atom stereocenters. The Balaban J connectivity index is 1.62. The zero-order chi connectivity index (χ0) is 25.2. The molecule has 8 nitrogen and oxygen atoms in total. The molecule has 35 heavy (non-hydrogen) atoms. The highest BCUT2D eigenvalue weighted by Crippen LogP contribution is 2.29. The number of ether oxygens (including phenoxy) is 3. The summed E-state index contributed by atoms with van der Waals surface area (Å²) in [5, 5.41) is 21.1. The number of hydrogen-bond donors (Lipinski definition) is 1. The molecule has 9 heteroatoms. The van der Waals surface area contributed by atoms with E-state index in [9.17, 15) is 10.1 Å². The molecule has 0 aliphatic heterocycles. The lowest BCUT2D eigenvalue weighted by molar-refractivity contribution is -0.112. The second kappa shape index (κ2) is 12.5. The van der Waals surface area contributed by atoms with Crippen molar-refractivity contribution in [2.45, 2.75) is 33.6 Å². The Labute approximate surface area is 209 Å². The number of hydrogen-bond acceptors (Lipinski definition) is 8. The van der Waals surface area contributed by atoms with Crippen molar-refractivity contribution < 1.29 is 19.0 Å². The second-order valence-electron chi connectivity index (χ2n) is 7.59. The lowest BCUT2D eigenvalue weighted by atomic mass is 10.1. The topological polar surface area (TPSA) is 106 Å². The van der Waals surface area contributed by atoms with Gasteiger partial charge in [-0.05, 0) is 66.8 Å². The molecule has 1 N–H and O–H groups in total. The van der Waals surface area contributed by atoms with E-state index in [2.05, 4.69) is 28.5 Å². The molecular weight excluding hydrogens is 464 g/mol. The van der Waals surface area contributed by atoms with Gasteiger partial charge < -0.3 is 14.2 Å². The van der Waals surface area contributed by atoms with Crippen molar-refractivity contribution in [3.8, 4) is 23.3 Å². The van der Waals surface area contributed by atoms with Crippen LogP contribution in [0.1, 0.15) is 35.5 Å². The summed E-state index contributed by atoms with van der Waals surface area (Å²) in [5.74, 6) is 1.29. The first-order chi connectivity index (χ1) is 16.9. The number of amides is 1. The van der Waals surface area contributed by atoms with E-state index < -0.39 is 5.91 Å². The van der Waals surface area contributed by atoms with E-state index in [1.54, 1.807) is 18.2 Å². The van der Waals surface area contributed by atoms with E-state index in [0.29, 0.717) is 35.4 Å². The van der Waals surface area contributed by atoms with Gasteiger partial charge in [-0.2, -0.15) is 5.26 Å². The van der Waals surface area contributed by atoms with E-state index in [0.717, 1.165) is 29.2 Å². The number of nitrogens with one attached hydrogen (secondary N) is 1. The molecule has 182 valence electrons. The number of rotatable bonds is 11. The van der Waals surface area contributed by atoms with Gasteiger partial charge in [0.25, 0.3) is 5.91 Å². The van der Waals surface area contributed by atoms with Gasteiger partial charge in [-0.1, -0.05) is 37.3 Å². The Morgan fingerprint density at radius 3 is 2.57 bits per heavy atom. The molecular formula is C26H28N4O4S. The van der Waals surface area contributed by atoms with E-state index in [4.69, 9.17) is 14.2 Å². The van der Waals surface area contributed by atoms with Crippen LogP contribution in [0.15, 0.2) is 42.0 Å². The SMILES string of the molecule is CCc1cc(C)cc(OCCOc2ccc(/C=C(/C#N)C(=O)Nc3nnc(CC)s3)cc2OC)c1. The van der Waals surface area contributed by atoms with E-state index >= 15 is 0 Å². The van der Waals surface area contributed by atoms with Crippen LogP contribution in [0, 0.1) is 18.3 Å². The summed E-state index contributed by atoms with van der Waals surface area (Å²) >= 11 is 1.28. The van der Waals surface area contributed by atoms with Crippen LogP contribution in [0.2, 0.25) is 0 Å². The number of methoxy groups -OCH3 is 1. The fourth-order valence-corrected chi connectivity index (χ4v) is 3.92. The number of nitrogens with zero attached hydrogens (tertiary/aromatic N) is 3. The van der Waals surface area contributed by atoms with Gasteiger partial charge >= 0.3 is 0 Å². The normalized spacial score (nSPS) is 11.0. The molecule has 0 saturated heterocycles. The molecule has 0 radical (unpaired) electrons. The summed E-state index contributed by atoms with van der Waals surface area (Å²) in [4.78, 5) is 12.5. The van der Waals surface area contributed by atoms with Crippen LogP contribution in [-0.4, -0.2) is 36.4 Å². The molecule has 0 aliphatic carbocycles. The van der Waals surface area contributed by atoms with Crippen LogP contribution >= 0.6 is 11.3 Å². The van der Waals surface area contributed by atoms with Crippen LogP contribution in [0.3, 0.4) is 0 Å². The van der Waals surface area contributed by atoms with Crippen LogP contribution in [0.25, 0.3) is 6.08 Å². The highest BCUT2D eigenvalue weighted by Gasteiger charge is 2.13. The van der Waals surface area contributed by atoms with Gasteiger partial charge in [-0.25, -0.2) is 0 Å². The summed E-state index contributed by atoms with van der Waals surface area (Å²) in [6.07, 6.45) is 3.15. The van der Waals surface area contributed by atoms with Gasteiger partial charge in [0.15, 0.2) is 11.5 Å². The van der Waals surface area contributed by atoms with E-state index in [1.165, 1.54) is 30.1 Å². The predicted molar refractivity (Wildman–Crippen MR) is 136 cm³/mol. The predicted octanol–water partition coefficient (Wildman–Crippen LogP) is 4.98. The number of aromatic nitrogens is 2. The average Bonchev–Trinajstić information content (AvgIpc) is 3.32. The Hall–Kier alpha value is -3.90. The highest BCUT2D eigenvalue weighted by atomic mass is 32.1. The highest BCUT2D eigenvalue weighted by molar-refractivity contribution is 7.15. The third kappa shape index (κ3) is 7.29. The fourth-order valence-electron chi connectivity index (χ4n) is 3.24. The number of anilines is 1. The van der Waals surface area contributed by atoms with Crippen molar-refractivity contribution in [2.75, 3.05) is 25.6 Å². The van der Waals surface area contributed by atoms with E-state index in [1.807, 2.05) is 32.0 Å². The zero-order valence-corrected chi connectivity index (χ0v) is 21.1. The third-order valence-corrected chi connectivity index (χ3v) is 5.97. The number of benzene rings is 2. The molecule has 0 spiro atoms. The number of carbonyl (C=O) groups is 1. The van der Waals surface area contributed by atoms with E-state index in [-0.39, 0.29) is 5.57 Å². The lowest BCUT2D eigenvalue weighted by Gasteiger charge is -2.13. The summed E-state index contributed by atoms with van der Waals surface area (Å²) in [6, 6.07) is 13.3. The maximum Gasteiger partial charge on any atom is 0.268 e.